The van der Waals surface area contributed by atoms with Crippen molar-refractivity contribution < 1.29 is 0 Å². The van der Waals surface area contributed by atoms with Gasteiger partial charge in [0.05, 0.1) is 0 Å². The molecule has 0 aliphatic carbocycles. The highest BCUT2D eigenvalue weighted by Crippen LogP contribution is 2.25. The van der Waals surface area contributed by atoms with Crippen molar-refractivity contribution in [2.75, 3.05) is 26.7 Å². The number of likely N-dealkylation sites (N-methyl/N-ethyl adjacent to an activating group) is 1. The van der Waals surface area contributed by atoms with Crippen molar-refractivity contribution in [2.45, 2.75) is 39.7 Å². The average Bonchev–Trinajstić information content (AvgIpc) is 2.47. The minimum absolute atomic E-state index is 0.761. The summed E-state index contributed by atoms with van der Waals surface area (Å²) >= 11 is 0. The SMILES string of the molecule is CCCC(CNC)N1CC(C)C(C)C1. The molecular formula is C12H26N2. The van der Waals surface area contributed by atoms with Crippen molar-refractivity contribution in [1.29, 1.82) is 0 Å². The zero-order chi connectivity index (χ0) is 10.6. The van der Waals surface area contributed by atoms with E-state index >= 15 is 0 Å². The van der Waals surface area contributed by atoms with Crippen LogP contribution in [0.4, 0.5) is 0 Å². The molecule has 1 heterocycles. The largest absolute Gasteiger partial charge is 0.318 e. The highest BCUT2D eigenvalue weighted by molar-refractivity contribution is 4.84. The van der Waals surface area contributed by atoms with Crippen molar-refractivity contribution in [3.05, 3.63) is 0 Å². The number of nitrogens with zero attached hydrogens (tertiary/aromatic N) is 1. The first-order chi connectivity index (χ1) is 6.69. The molecule has 1 rings (SSSR count). The third-order valence-electron chi connectivity index (χ3n) is 3.59. The Hall–Kier alpha value is -0.0800. The van der Waals surface area contributed by atoms with E-state index in [0.717, 1.165) is 24.4 Å². The molecule has 0 aromatic rings. The van der Waals surface area contributed by atoms with Crippen LogP contribution in [0.15, 0.2) is 0 Å². The van der Waals surface area contributed by atoms with Gasteiger partial charge in [0.2, 0.25) is 0 Å². The zero-order valence-electron chi connectivity index (χ0n) is 10.2. The van der Waals surface area contributed by atoms with Crippen LogP contribution in [0.1, 0.15) is 33.6 Å². The van der Waals surface area contributed by atoms with E-state index in [0.29, 0.717) is 0 Å². The Bertz CT molecular complexity index is 142. The maximum atomic E-state index is 3.32. The Morgan fingerprint density at radius 1 is 1.29 bits per heavy atom. The van der Waals surface area contributed by atoms with E-state index in [1.54, 1.807) is 0 Å². The fraction of sp³-hybridized carbons (Fsp3) is 1.00. The Labute approximate surface area is 89.1 Å². The van der Waals surface area contributed by atoms with Crippen molar-refractivity contribution in [1.82, 2.24) is 10.2 Å². The standard InChI is InChI=1S/C12H26N2/c1-5-6-12(7-13-4)14-8-10(2)11(3)9-14/h10-13H,5-9H2,1-4H3. The fourth-order valence-electron chi connectivity index (χ4n) is 2.45. The van der Waals surface area contributed by atoms with Gasteiger partial charge in [-0.3, -0.25) is 4.90 Å². The molecule has 0 bridgehead atoms. The molecule has 3 atom stereocenters. The van der Waals surface area contributed by atoms with Gasteiger partial charge in [0.25, 0.3) is 0 Å². The summed E-state index contributed by atoms with van der Waals surface area (Å²) in [5.74, 6) is 1.76. The minimum atomic E-state index is 0.761. The second kappa shape index (κ2) is 5.72. The molecule has 14 heavy (non-hydrogen) atoms. The van der Waals surface area contributed by atoms with Crippen LogP contribution in [0.2, 0.25) is 0 Å². The average molecular weight is 198 g/mol. The zero-order valence-corrected chi connectivity index (χ0v) is 10.2. The predicted molar refractivity (Wildman–Crippen MR) is 62.5 cm³/mol. The van der Waals surface area contributed by atoms with Gasteiger partial charge in [-0.05, 0) is 25.3 Å². The summed E-state index contributed by atoms with van der Waals surface area (Å²) in [5, 5.41) is 3.32. The van der Waals surface area contributed by atoms with Gasteiger partial charge in [0, 0.05) is 25.7 Å². The number of likely N-dealkylation sites (tertiary alicyclic amines) is 1. The summed E-state index contributed by atoms with van der Waals surface area (Å²) in [4.78, 5) is 2.68. The quantitative estimate of drug-likeness (QED) is 0.726. The summed E-state index contributed by atoms with van der Waals surface area (Å²) < 4.78 is 0. The molecule has 2 heteroatoms. The van der Waals surface area contributed by atoms with Crippen LogP contribution in [0.25, 0.3) is 0 Å². The molecule has 1 aliphatic rings. The second-order valence-corrected chi connectivity index (χ2v) is 4.91. The van der Waals surface area contributed by atoms with Gasteiger partial charge in [-0.1, -0.05) is 27.2 Å². The molecule has 0 spiro atoms. The Morgan fingerprint density at radius 3 is 2.29 bits per heavy atom. The Morgan fingerprint density at radius 2 is 1.86 bits per heavy atom. The van der Waals surface area contributed by atoms with Crippen molar-refractivity contribution in [3.8, 4) is 0 Å². The fourth-order valence-corrected chi connectivity index (χ4v) is 2.45. The van der Waals surface area contributed by atoms with E-state index < -0.39 is 0 Å². The molecule has 1 fully saturated rings. The van der Waals surface area contributed by atoms with Crippen molar-refractivity contribution in [3.63, 3.8) is 0 Å². The number of hydrogen-bond donors (Lipinski definition) is 1. The Kier molecular flexibility index (Phi) is 4.90. The lowest BCUT2D eigenvalue weighted by molar-refractivity contribution is 0.216. The van der Waals surface area contributed by atoms with E-state index in [4.69, 9.17) is 0 Å². The van der Waals surface area contributed by atoms with Gasteiger partial charge < -0.3 is 5.32 Å². The van der Waals surface area contributed by atoms with E-state index in [1.165, 1.54) is 25.9 Å². The lowest BCUT2D eigenvalue weighted by atomic mass is 10.0. The molecular weight excluding hydrogens is 172 g/mol. The van der Waals surface area contributed by atoms with Crippen LogP contribution < -0.4 is 5.32 Å². The molecule has 0 radical (unpaired) electrons. The molecule has 3 unspecified atom stereocenters. The number of rotatable bonds is 5. The minimum Gasteiger partial charge on any atom is -0.318 e. The topological polar surface area (TPSA) is 15.3 Å². The molecule has 0 aromatic carbocycles. The first kappa shape index (κ1) is 12.0. The van der Waals surface area contributed by atoms with Crippen molar-refractivity contribution in [2.24, 2.45) is 11.8 Å². The first-order valence-electron chi connectivity index (χ1n) is 6.07. The monoisotopic (exact) mass is 198 g/mol. The van der Waals surface area contributed by atoms with Gasteiger partial charge in [0.15, 0.2) is 0 Å². The van der Waals surface area contributed by atoms with Crippen LogP contribution >= 0.6 is 0 Å². The van der Waals surface area contributed by atoms with Gasteiger partial charge >= 0.3 is 0 Å². The third-order valence-corrected chi connectivity index (χ3v) is 3.59. The van der Waals surface area contributed by atoms with E-state index in [1.807, 2.05) is 0 Å². The Balaban J connectivity index is 2.43. The second-order valence-electron chi connectivity index (χ2n) is 4.91. The number of nitrogens with one attached hydrogen (secondary N) is 1. The number of hydrogen-bond acceptors (Lipinski definition) is 2. The highest BCUT2D eigenvalue weighted by Gasteiger charge is 2.29. The maximum absolute atomic E-state index is 3.32. The van der Waals surface area contributed by atoms with Crippen molar-refractivity contribution >= 4 is 0 Å². The first-order valence-corrected chi connectivity index (χ1v) is 6.07. The molecule has 84 valence electrons. The molecule has 0 saturated carbocycles. The lowest BCUT2D eigenvalue weighted by Crippen LogP contribution is -2.40. The van der Waals surface area contributed by atoms with Crippen LogP contribution in [0.3, 0.4) is 0 Å². The molecule has 2 nitrogen and oxygen atoms in total. The lowest BCUT2D eigenvalue weighted by Gasteiger charge is -2.27. The van der Waals surface area contributed by atoms with Gasteiger partial charge in [-0.2, -0.15) is 0 Å². The summed E-state index contributed by atoms with van der Waals surface area (Å²) in [6.07, 6.45) is 2.63. The van der Waals surface area contributed by atoms with E-state index in [2.05, 4.69) is 38.0 Å². The molecule has 1 saturated heterocycles. The maximum Gasteiger partial charge on any atom is 0.0220 e. The van der Waals surface area contributed by atoms with Gasteiger partial charge in [0.1, 0.15) is 0 Å². The highest BCUT2D eigenvalue weighted by atomic mass is 15.2. The smallest absolute Gasteiger partial charge is 0.0220 e. The van der Waals surface area contributed by atoms with E-state index in [9.17, 15) is 0 Å². The van der Waals surface area contributed by atoms with E-state index in [-0.39, 0.29) is 0 Å². The molecule has 0 amide bonds. The van der Waals surface area contributed by atoms with Crippen LogP contribution in [0, 0.1) is 11.8 Å². The third kappa shape index (κ3) is 2.96. The van der Waals surface area contributed by atoms with Crippen LogP contribution in [-0.2, 0) is 0 Å². The summed E-state index contributed by atoms with van der Waals surface area (Å²) in [5.41, 5.74) is 0. The molecule has 1 aliphatic heterocycles. The molecule has 0 aromatic heterocycles. The summed E-state index contributed by atoms with van der Waals surface area (Å²) in [6, 6.07) is 0.761. The van der Waals surface area contributed by atoms with Gasteiger partial charge in [-0.15, -0.1) is 0 Å². The van der Waals surface area contributed by atoms with Gasteiger partial charge in [-0.25, -0.2) is 0 Å². The normalized spacial score (nSPS) is 30.9. The predicted octanol–water partition coefficient (Wildman–Crippen LogP) is 1.96. The van der Waals surface area contributed by atoms with Crippen LogP contribution in [-0.4, -0.2) is 37.6 Å². The summed E-state index contributed by atoms with van der Waals surface area (Å²) in [7, 11) is 2.06. The van der Waals surface area contributed by atoms with Crippen LogP contribution in [0.5, 0.6) is 0 Å². The molecule has 1 N–H and O–H groups in total. The summed E-state index contributed by atoms with van der Waals surface area (Å²) in [6.45, 7) is 10.8.